The summed E-state index contributed by atoms with van der Waals surface area (Å²) in [7, 11) is 8.49. The van der Waals surface area contributed by atoms with Crippen LogP contribution >= 0.6 is 0 Å². The number of ketones is 1. The summed E-state index contributed by atoms with van der Waals surface area (Å²) in [6.45, 7) is 1.75. The van der Waals surface area contributed by atoms with Gasteiger partial charge in [-0.05, 0) is 42.8 Å². The molecule has 0 saturated heterocycles. The molecule has 0 heterocycles. The van der Waals surface area contributed by atoms with Crippen molar-refractivity contribution in [3.63, 3.8) is 0 Å². The lowest BCUT2D eigenvalue weighted by atomic mass is 10.0. The zero-order chi connectivity index (χ0) is 20.1. The second kappa shape index (κ2) is 8.49. The number of allylic oxidation sites excluding steroid dienone is 1. The molecule has 0 aliphatic heterocycles. The van der Waals surface area contributed by atoms with Gasteiger partial charge in [0.1, 0.15) is 5.75 Å². The SMILES string of the molecule is COc1cc(C=C(C)C(=O)c2ccc(N(C)C)c(N)c2)c(OC)c(OC)c1. The van der Waals surface area contributed by atoms with Gasteiger partial charge in [0.25, 0.3) is 0 Å². The number of nitrogens with two attached hydrogens (primary N) is 1. The van der Waals surface area contributed by atoms with E-state index in [1.165, 1.54) is 0 Å². The summed E-state index contributed by atoms with van der Waals surface area (Å²) in [4.78, 5) is 14.8. The summed E-state index contributed by atoms with van der Waals surface area (Å²) >= 11 is 0. The molecule has 0 aliphatic rings. The molecular formula is C21H26N2O4. The topological polar surface area (TPSA) is 74.0 Å². The van der Waals surface area contributed by atoms with E-state index >= 15 is 0 Å². The number of ether oxygens (including phenoxy) is 3. The van der Waals surface area contributed by atoms with E-state index in [2.05, 4.69) is 0 Å². The van der Waals surface area contributed by atoms with Crippen molar-refractivity contribution in [2.45, 2.75) is 6.92 Å². The summed E-state index contributed by atoms with van der Waals surface area (Å²) < 4.78 is 16.1. The lowest BCUT2D eigenvalue weighted by Gasteiger charge is -2.16. The van der Waals surface area contributed by atoms with Crippen LogP contribution in [0.15, 0.2) is 35.9 Å². The Morgan fingerprint density at radius 1 is 1.04 bits per heavy atom. The van der Waals surface area contributed by atoms with Crippen LogP contribution in [0.2, 0.25) is 0 Å². The smallest absolute Gasteiger partial charge is 0.188 e. The van der Waals surface area contributed by atoms with Gasteiger partial charge in [-0.25, -0.2) is 0 Å². The van der Waals surface area contributed by atoms with Crippen LogP contribution in [-0.4, -0.2) is 41.2 Å². The Labute approximate surface area is 160 Å². The van der Waals surface area contributed by atoms with Crippen molar-refractivity contribution >= 4 is 23.2 Å². The summed E-state index contributed by atoms with van der Waals surface area (Å²) in [6.07, 6.45) is 1.75. The van der Waals surface area contributed by atoms with E-state index in [9.17, 15) is 4.79 Å². The first-order valence-electron chi connectivity index (χ1n) is 8.42. The van der Waals surface area contributed by atoms with Crippen LogP contribution in [0.3, 0.4) is 0 Å². The average Bonchev–Trinajstić information content (AvgIpc) is 2.65. The number of anilines is 2. The van der Waals surface area contributed by atoms with E-state index in [-0.39, 0.29) is 5.78 Å². The number of carbonyl (C=O) groups is 1. The van der Waals surface area contributed by atoms with Gasteiger partial charge in [-0.1, -0.05) is 0 Å². The largest absolute Gasteiger partial charge is 0.497 e. The van der Waals surface area contributed by atoms with Gasteiger partial charge in [0, 0.05) is 31.3 Å². The van der Waals surface area contributed by atoms with E-state index in [1.54, 1.807) is 58.6 Å². The molecule has 2 rings (SSSR count). The number of Topliss-reactive ketones (excluding diaryl/α,β-unsaturated/α-hetero) is 1. The van der Waals surface area contributed by atoms with Crippen LogP contribution in [-0.2, 0) is 0 Å². The predicted octanol–water partition coefficient (Wildman–Crippen LogP) is 3.65. The lowest BCUT2D eigenvalue weighted by molar-refractivity contribution is 0.103. The molecule has 0 radical (unpaired) electrons. The van der Waals surface area contributed by atoms with Gasteiger partial charge in [0.2, 0.25) is 0 Å². The minimum Gasteiger partial charge on any atom is -0.497 e. The summed E-state index contributed by atoms with van der Waals surface area (Å²) in [5.41, 5.74) is 9.25. The molecule has 6 nitrogen and oxygen atoms in total. The maximum Gasteiger partial charge on any atom is 0.188 e. The molecule has 0 bridgehead atoms. The van der Waals surface area contributed by atoms with Crippen LogP contribution in [0, 0.1) is 0 Å². The van der Waals surface area contributed by atoms with Crippen LogP contribution in [0.1, 0.15) is 22.8 Å². The maximum absolute atomic E-state index is 12.9. The number of methoxy groups -OCH3 is 3. The van der Waals surface area contributed by atoms with E-state index in [1.807, 2.05) is 25.1 Å². The highest BCUT2D eigenvalue weighted by Crippen LogP contribution is 2.37. The number of carbonyl (C=O) groups excluding carboxylic acids is 1. The highest BCUT2D eigenvalue weighted by atomic mass is 16.5. The molecule has 0 unspecified atom stereocenters. The van der Waals surface area contributed by atoms with Gasteiger partial charge in [-0.2, -0.15) is 0 Å². The molecule has 0 saturated carbocycles. The first kappa shape index (κ1) is 20.2. The fraction of sp³-hybridized carbons (Fsp3) is 0.286. The van der Waals surface area contributed by atoms with Crippen molar-refractivity contribution < 1.29 is 19.0 Å². The van der Waals surface area contributed by atoms with Gasteiger partial charge in [0.05, 0.1) is 32.7 Å². The predicted molar refractivity (Wildman–Crippen MR) is 109 cm³/mol. The number of rotatable bonds is 7. The van der Waals surface area contributed by atoms with E-state index in [4.69, 9.17) is 19.9 Å². The van der Waals surface area contributed by atoms with Crippen LogP contribution in [0.4, 0.5) is 11.4 Å². The third kappa shape index (κ3) is 4.34. The minimum absolute atomic E-state index is 0.115. The number of benzene rings is 2. The number of hydrogen-bond acceptors (Lipinski definition) is 6. The first-order valence-corrected chi connectivity index (χ1v) is 8.42. The Hall–Kier alpha value is -3.15. The Balaban J connectivity index is 2.45. The monoisotopic (exact) mass is 370 g/mol. The third-order valence-corrected chi connectivity index (χ3v) is 4.22. The normalized spacial score (nSPS) is 11.1. The van der Waals surface area contributed by atoms with Gasteiger partial charge in [-0.15, -0.1) is 0 Å². The standard InChI is InChI=1S/C21H26N2O4/c1-13(20(24)14-7-8-18(23(2)3)17(22)11-14)9-15-10-16(25-4)12-19(26-5)21(15)27-6/h7-12H,22H2,1-6H3. The molecule has 2 aromatic carbocycles. The van der Waals surface area contributed by atoms with Crippen molar-refractivity contribution in [1.29, 1.82) is 0 Å². The minimum atomic E-state index is -0.115. The molecular weight excluding hydrogens is 344 g/mol. The van der Waals surface area contributed by atoms with Crippen molar-refractivity contribution in [1.82, 2.24) is 0 Å². The molecule has 0 spiro atoms. The lowest BCUT2D eigenvalue weighted by Crippen LogP contribution is -2.12. The molecule has 6 heteroatoms. The molecule has 0 aliphatic carbocycles. The number of hydrogen-bond donors (Lipinski definition) is 1. The Bertz CT molecular complexity index is 873. The maximum atomic E-state index is 12.9. The molecule has 0 atom stereocenters. The Morgan fingerprint density at radius 3 is 2.26 bits per heavy atom. The van der Waals surface area contributed by atoms with Crippen molar-refractivity contribution in [2.75, 3.05) is 46.1 Å². The molecule has 27 heavy (non-hydrogen) atoms. The quantitative estimate of drug-likeness (QED) is 0.456. The van der Waals surface area contributed by atoms with E-state index < -0.39 is 0 Å². The number of nitrogen functional groups attached to an aromatic ring is 1. The molecule has 144 valence electrons. The molecule has 0 amide bonds. The summed E-state index contributed by atoms with van der Waals surface area (Å²) in [6, 6.07) is 8.83. The van der Waals surface area contributed by atoms with Gasteiger partial charge in [0.15, 0.2) is 17.3 Å². The van der Waals surface area contributed by atoms with Crippen LogP contribution in [0.5, 0.6) is 17.2 Å². The Kier molecular flexibility index (Phi) is 6.34. The van der Waals surface area contributed by atoms with Crippen molar-refractivity contribution in [3.05, 3.63) is 47.0 Å². The fourth-order valence-corrected chi connectivity index (χ4v) is 2.82. The zero-order valence-electron chi connectivity index (χ0n) is 16.6. The molecule has 0 fully saturated rings. The first-order chi connectivity index (χ1) is 12.8. The van der Waals surface area contributed by atoms with E-state index in [0.29, 0.717) is 39.6 Å². The number of nitrogens with zero attached hydrogens (tertiary/aromatic N) is 1. The third-order valence-electron chi connectivity index (χ3n) is 4.22. The Morgan fingerprint density at radius 2 is 1.74 bits per heavy atom. The van der Waals surface area contributed by atoms with E-state index in [0.717, 1.165) is 5.69 Å². The summed E-state index contributed by atoms with van der Waals surface area (Å²) in [5.74, 6) is 1.56. The van der Waals surface area contributed by atoms with Crippen LogP contribution in [0.25, 0.3) is 6.08 Å². The van der Waals surface area contributed by atoms with Gasteiger partial charge >= 0.3 is 0 Å². The van der Waals surface area contributed by atoms with Crippen molar-refractivity contribution in [2.24, 2.45) is 0 Å². The van der Waals surface area contributed by atoms with Crippen molar-refractivity contribution in [3.8, 4) is 17.2 Å². The van der Waals surface area contributed by atoms with Crippen LogP contribution < -0.4 is 24.8 Å². The van der Waals surface area contributed by atoms with Gasteiger partial charge < -0.3 is 24.8 Å². The highest BCUT2D eigenvalue weighted by molar-refractivity contribution is 6.11. The second-order valence-corrected chi connectivity index (χ2v) is 6.28. The fourth-order valence-electron chi connectivity index (χ4n) is 2.82. The molecule has 0 aromatic heterocycles. The second-order valence-electron chi connectivity index (χ2n) is 6.28. The molecule has 2 aromatic rings. The summed E-state index contributed by atoms with van der Waals surface area (Å²) in [5, 5.41) is 0. The zero-order valence-corrected chi connectivity index (χ0v) is 16.6. The average molecular weight is 370 g/mol. The molecule has 2 N–H and O–H groups in total. The van der Waals surface area contributed by atoms with Gasteiger partial charge in [-0.3, -0.25) is 4.79 Å². The highest BCUT2D eigenvalue weighted by Gasteiger charge is 2.15.